The van der Waals surface area contributed by atoms with Crippen LogP contribution in [0.15, 0.2) is 6.33 Å². The zero-order valence-electron chi connectivity index (χ0n) is 12.5. The third-order valence-corrected chi connectivity index (χ3v) is 4.20. The normalized spacial score (nSPS) is 24.0. The van der Waals surface area contributed by atoms with E-state index in [1.165, 1.54) is 32.1 Å². The molecule has 0 aromatic carbocycles. The maximum Gasteiger partial charge on any atom is 0.140 e. The average Bonchev–Trinajstić information content (AvgIpc) is 2.82. The van der Waals surface area contributed by atoms with E-state index in [-0.39, 0.29) is 0 Å². The lowest BCUT2D eigenvalue weighted by Gasteiger charge is -2.34. The zero-order chi connectivity index (χ0) is 13.7. The van der Waals surface area contributed by atoms with Gasteiger partial charge in [-0.25, -0.2) is 4.98 Å². The van der Waals surface area contributed by atoms with Crippen molar-refractivity contribution >= 4 is 0 Å². The quantitative estimate of drug-likeness (QED) is 0.848. The molecule has 5 nitrogen and oxygen atoms in total. The molecule has 0 bridgehead atoms. The number of aromatic nitrogens is 3. The average molecular weight is 265 g/mol. The van der Waals surface area contributed by atoms with Gasteiger partial charge in [0.25, 0.3) is 0 Å². The van der Waals surface area contributed by atoms with Crippen molar-refractivity contribution in [1.29, 1.82) is 0 Å². The van der Waals surface area contributed by atoms with Gasteiger partial charge in [-0.3, -0.25) is 9.58 Å². The molecule has 0 atom stereocenters. The summed E-state index contributed by atoms with van der Waals surface area (Å²) in [7, 11) is 4.17. The van der Waals surface area contributed by atoms with Gasteiger partial charge in [0.1, 0.15) is 12.2 Å². The molecule has 1 fully saturated rings. The maximum atomic E-state index is 4.30. The van der Waals surface area contributed by atoms with Crippen LogP contribution in [0.3, 0.4) is 0 Å². The highest BCUT2D eigenvalue weighted by atomic mass is 15.3. The van der Waals surface area contributed by atoms with Gasteiger partial charge < -0.3 is 5.32 Å². The number of nitrogens with zero attached hydrogens (tertiary/aromatic N) is 4. The molecule has 0 unspecified atom stereocenters. The molecule has 0 radical (unpaired) electrons. The standard InChI is InChI=1S/C14H27N5/c1-4-9-15-12-5-7-13(8-6-12)18(2)10-14-16-11-17-19(14)3/h11-13,15H,4-10H2,1-3H3. The second-order valence-electron chi connectivity index (χ2n) is 5.67. The van der Waals surface area contributed by atoms with Crippen LogP contribution < -0.4 is 5.32 Å². The topological polar surface area (TPSA) is 46.0 Å². The first-order valence-electron chi connectivity index (χ1n) is 7.47. The van der Waals surface area contributed by atoms with Gasteiger partial charge in [-0.2, -0.15) is 5.10 Å². The van der Waals surface area contributed by atoms with E-state index in [9.17, 15) is 0 Å². The zero-order valence-corrected chi connectivity index (χ0v) is 12.5. The molecule has 2 rings (SSSR count). The van der Waals surface area contributed by atoms with Crippen molar-refractivity contribution in [1.82, 2.24) is 25.0 Å². The summed E-state index contributed by atoms with van der Waals surface area (Å²) in [6, 6.07) is 1.43. The van der Waals surface area contributed by atoms with E-state index >= 15 is 0 Å². The molecular weight excluding hydrogens is 238 g/mol. The third-order valence-electron chi connectivity index (χ3n) is 4.20. The molecule has 1 N–H and O–H groups in total. The highest BCUT2D eigenvalue weighted by Gasteiger charge is 2.24. The molecule has 19 heavy (non-hydrogen) atoms. The number of rotatable bonds is 6. The Morgan fingerprint density at radius 2 is 2.11 bits per heavy atom. The smallest absolute Gasteiger partial charge is 0.140 e. The van der Waals surface area contributed by atoms with Crippen molar-refractivity contribution in [3.8, 4) is 0 Å². The van der Waals surface area contributed by atoms with E-state index < -0.39 is 0 Å². The molecule has 1 aliphatic rings. The van der Waals surface area contributed by atoms with Crippen LogP contribution in [0, 0.1) is 0 Å². The highest BCUT2D eigenvalue weighted by molar-refractivity contribution is 4.87. The first-order chi connectivity index (χ1) is 9.20. The van der Waals surface area contributed by atoms with Crippen LogP contribution in [-0.4, -0.2) is 45.3 Å². The van der Waals surface area contributed by atoms with Gasteiger partial charge in [0.15, 0.2) is 0 Å². The van der Waals surface area contributed by atoms with Gasteiger partial charge in [0.05, 0.1) is 6.54 Å². The van der Waals surface area contributed by atoms with E-state index in [4.69, 9.17) is 0 Å². The molecule has 0 saturated heterocycles. The van der Waals surface area contributed by atoms with Crippen LogP contribution in [0.4, 0.5) is 0 Å². The van der Waals surface area contributed by atoms with E-state index in [1.54, 1.807) is 6.33 Å². The largest absolute Gasteiger partial charge is 0.314 e. The van der Waals surface area contributed by atoms with E-state index in [2.05, 4.69) is 34.3 Å². The SMILES string of the molecule is CCCNC1CCC(N(C)Cc2ncnn2C)CC1. The van der Waals surface area contributed by atoms with Crippen LogP contribution in [0.1, 0.15) is 44.9 Å². The van der Waals surface area contributed by atoms with Crippen LogP contribution >= 0.6 is 0 Å². The Morgan fingerprint density at radius 1 is 1.37 bits per heavy atom. The summed E-state index contributed by atoms with van der Waals surface area (Å²) in [6.07, 6.45) is 8.04. The fourth-order valence-corrected chi connectivity index (χ4v) is 2.88. The fraction of sp³-hybridized carbons (Fsp3) is 0.857. The number of aryl methyl sites for hydroxylation is 1. The van der Waals surface area contributed by atoms with E-state index in [0.717, 1.165) is 25.0 Å². The van der Waals surface area contributed by atoms with E-state index in [0.29, 0.717) is 6.04 Å². The molecular formula is C14H27N5. The van der Waals surface area contributed by atoms with Gasteiger partial charge in [-0.1, -0.05) is 6.92 Å². The van der Waals surface area contributed by atoms with Crippen molar-refractivity contribution < 1.29 is 0 Å². The monoisotopic (exact) mass is 265 g/mol. The van der Waals surface area contributed by atoms with Crippen molar-refractivity contribution in [2.24, 2.45) is 7.05 Å². The summed E-state index contributed by atoms with van der Waals surface area (Å²) >= 11 is 0. The first kappa shape index (κ1) is 14.5. The van der Waals surface area contributed by atoms with Gasteiger partial charge in [0.2, 0.25) is 0 Å². The molecule has 1 saturated carbocycles. The summed E-state index contributed by atoms with van der Waals surface area (Å²) in [6.45, 7) is 4.28. The minimum Gasteiger partial charge on any atom is -0.314 e. The lowest BCUT2D eigenvalue weighted by atomic mass is 9.90. The number of nitrogens with one attached hydrogen (secondary N) is 1. The summed E-state index contributed by atoms with van der Waals surface area (Å²) in [4.78, 5) is 6.73. The molecule has 0 aliphatic heterocycles. The van der Waals surface area contributed by atoms with Crippen molar-refractivity contribution in [3.63, 3.8) is 0 Å². The minimum atomic E-state index is 0.691. The van der Waals surface area contributed by atoms with Gasteiger partial charge in [-0.05, 0) is 45.7 Å². The molecule has 1 aromatic rings. The molecule has 108 valence electrons. The molecule has 0 spiro atoms. The third kappa shape index (κ3) is 4.01. The lowest BCUT2D eigenvalue weighted by molar-refractivity contribution is 0.163. The Morgan fingerprint density at radius 3 is 2.68 bits per heavy atom. The van der Waals surface area contributed by atoms with Crippen LogP contribution in [0.25, 0.3) is 0 Å². The summed E-state index contributed by atoms with van der Waals surface area (Å²) in [5.41, 5.74) is 0. The minimum absolute atomic E-state index is 0.691. The van der Waals surface area contributed by atoms with Crippen LogP contribution in [-0.2, 0) is 13.6 Å². The first-order valence-corrected chi connectivity index (χ1v) is 7.47. The molecule has 0 amide bonds. The van der Waals surface area contributed by atoms with Crippen molar-refractivity contribution in [3.05, 3.63) is 12.2 Å². The molecule has 5 heteroatoms. The van der Waals surface area contributed by atoms with Gasteiger partial charge in [0, 0.05) is 19.1 Å². The van der Waals surface area contributed by atoms with Crippen LogP contribution in [0.2, 0.25) is 0 Å². The molecule has 1 heterocycles. The Balaban J connectivity index is 1.76. The van der Waals surface area contributed by atoms with Crippen molar-refractivity contribution in [2.45, 2.75) is 57.7 Å². The lowest BCUT2D eigenvalue weighted by Crippen LogP contribution is -2.41. The Kier molecular flexibility index (Phi) is 5.34. The van der Waals surface area contributed by atoms with Gasteiger partial charge in [-0.15, -0.1) is 0 Å². The van der Waals surface area contributed by atoms with Gasteiger partial charge >= 0.3 is 0 Å². The second kappa shape index (κ2) is 7.01. The Hall–Kier alpha value is -0.940. The Labute approximate surface area is 116 Å². The predicted octanol–water partition coefficient (Wildman–Crippen LogP) is 1.56. The molecule has 1 aromatic heterocycles. The number of hydrogen-bond acceptors (Lipinski definition) is 4. The molecule has 1 aliphatic carbocycles. The highest BCUT2D eigenvalue weighted by Crippen LogP contribution is 2.23. The van der Waals surface area contributed by atoms with Crippen molar-refractivity contribution in [2.75, 3.05) is 13.6 Å². The van der Waals surface area contributed by atoms with E-state index in [1.807, 2.05) is 11.7 Å². The second-order valence-corrected chi connectivity index (χ2v) is 5.67. The predicted molar refractivity (Wildman–Crippen MR) is 76.8 cm³/mol. The summed E-state index contributed by atoms with van der Waals surface area (Å²) in [5, 5.41) is 7.77. The van der Waals surface area contributed by atoms with Crippen LogP contribution in [0.5, 0.6) is 0 Å². The summed E-state index contributed by atoms with van der Waals surface area (Å²) in [5.74, 6) is 1.05. The number of hydrogen-bond donors (Lipinski definition) is 1. The fourth-order valence-electron chi connectivity index (χ4n) is 2.88. The Bertz CT molecular complexity index is 368. The summed E-state index contributed by atoms with van der Waals surface area (Å²) < 4.78 is 1.87. The maximum absolute atomic E-state index is 4.30.